The first-order chi connectivity index (χ1) is 19.2. The molecule has 0 unspecified atom stereocenters. The van der Waals surface area contributed by atoms with Crippen molar-refractivity contribution in [2.75, 3.05) is 0 Å². The lowest BCUT2D eigenvalue weighted by atomic mass is 9.78. The maximum absolute atomic E-state index is 9.70. The number of nitrogens with one attached hydrogen (secondary N) is 2. The summed E-state index contributed by atoms with van der Waals surface area (Å²) in [6.45, 7) is 0. The Morgan fingerprint density at radius 1 is 0.590 bits per heavy atom. The lowest BCUT2D eigenvalue weighted by Gasteiger charge is -2.27. The van der Waals surface area contributed by atoms with Crippen LogP contribution >= 0.6 is 0 Å². The fourth-order valence-corrected chi connectivity index (χ4v) is 5.98. The number of aromatic amines is 2. The maximum atomic E-state index is 9.70. The van der Waals surface area contributed by atoms with Crippen molar-refractivity contribution in [3.8, 4) is 12.1 Å². The molecule has 0 atom stereocenters. The van der Waals surface area contributed by atoms with Gasteiger partial charge in [0.25, 0.3) is 0 Å². The van der Waals surface area contributed by atoms with Gasteiger partial charge in [0, 0.05) is 61.3 Å². The number of H-pyrrole nitrogens is 2. The Balaban J connectivity index is 1.52. The molecule has 0 spiro atoms. The summed E-state index contributed by atoms with van der Waals surface area (Å²) in [6, 6.07) is 33.4. The Hall–Kier alpha value is -5.72. The van der Waals surface area contributed by atoms with E-state index in [4.69, 9.17) is 0 Å². The summed E-state index contributed by atoms with van der Waals surface area (Å²) in [5, 5.41) is 24.0. The van der Waals surface area contributed by atoms with Crippen LogP contribution in [0.3, 0.4) is 0 Å². The van der Waals surface area contributed by atoms with Crippen molar-refractivity contribution in [1.82, 2.24) is 9.97 Å². The van der Waals surface area contributed by atoms with Gasteiger partial charge >= 0.3 is 0 Å². The van der Waals surface area contributed by atoms with E-state index >= 15 is 0 Å². The molecule has 0 saturated heterocycles. The van der Waals surface area contributed by atoms with Crippen LogP contribution in [0.4, 0.5) is 0 Å². The Bertz CT molecular complexity index is 2110. The van der Waals surface area contributed by atoms with Gasteiger partial charge in [0.15, 0.2) is 11.4 Å². The Labute approximate surface area is 222 Å². The lowest BCUT2D eigenvalue weighted by Crippen LogP contribution is -2.29. The van der Waals surface area contributed by atoms with Gasteiger partial charge in [-0.2, -0.15) is 10.5 Å². The van der Waals surface area contributed by atoms with E-state index in [0.717, 1.165) is 77.3 Å². The third kappa shape index (κ3) is 2.94. The lowest BCUT2D eigenvalue weighted by molar-refractivity contribution is 1.28. The Kier molecular flexibility index (Phi) is 4.32. The Morgan fingerprint density at radius 3 is 1.54 bits per heavy atom. The average molecular weight is 499 g/mol. The fraction of sp³-hybridized carbons (Fsp3) is 0.0303. The van der Waals surface area contributed by atoms with Crippen LogP contribution in [-0.4, -0.2) is 21.4 Å². The van der Waals surface area contributed by atoms with Gasteiger partial charge in [-0.15, -0.1) is 0 Å². The van der Waals surface area contributed by atoms with Crippen molar-refractivity contribution in [2.24, 2.45) is 9.98 Å². The molecule has 180 valence electrons. The normalized spacial score (nSPS) is 14.7. The highest BCUT2D eigenvalue weighted by Crippen LogP contribution is 2.43. The van der Waals surface area contributed by atoms with Crippen molar-refractivity contribution in [2.45, 2.75) is 6.42 Å². The van der Waals surface area contributed by atoms with E-state index in [1.807, 2.05) is 12.1 Å². The molecule has 0 amide bonds. The number of fused-ring (bicyclic) bond motifs is 8. The van der Waals surface area contributed by atoms with Crippen LogP contribution in [0.5, 0.6) is 0 Å². The van der Waals surface area contributed by atoms with Crippen LogP contribution in [0.25, 0.3) is 49.2 Å². The van der Waals surface area contributed by atoms with Crippen molar-refractivity contribution in [3.63, 3.8) is 0 Å². The SMILES string of the molecule is N#CC1=C(C#N)N=C2CC(=N1)C2=C(c1cccc2c1[nH]c1ccccc12)c1cccc2c1[nH]c1ccccc12. The maximum Gasteiger partial charge on any atom is 0.177 e. The first-order valence-corrected chi connectivity index (χ1v) is 12.7. The van der Waals surface area contributed by atoms with Crippen molar-refractivity contribution in [1.29, 1.82) is 10.5 Å². The molecular weight excluding hydrogens is 480 g/mol. The van der Waals surface area contributed by atoms with Crippen LogP contribution in [-0.2, 0) is 0 Å². The van der Waals surface area contributed by atoms with E-state index in [-0.39, 0.29) is 11.4 Å². The monoisotopic (exact) mass is 498 g/mol. The number of rotatable bonds is 2. The number of allylic oxidation sites excluding steroid dienone is 3. The van der Waals surface area contributed by atoms with Crippen LogP contribution in [0, 0.1) is 22.7 Å². The molecule has 0 radical (unpaired) electrons. The van der Waals surface area contributed by atoms with Crippen molar-refractivity contribution in [3.05, 3.63) is 113 Å². The highest BCUT2D eigenvalue weighted by molar-refractivity contribution is 6.46. The molecule has 2 N–H and O–H groups in total. The molecule has 3 aliphatic rings. The minimum atomic E-state index is 0.0597. The fourth-order valence-electron chi connectivity index (χ4n) is 5.98. The molecule has 6 heteroatoms. The van der Waals surface area contributed by atoms with E-state index < -0.39 is 0 Å². The third-order valence-electron chi connectivity index (χ3n) is 7.71. The number of nitriles is 2. The summed E-state index contributed by atoms with van der Waals surface area (Å²) in [7, 11) is 0. The topological polar surface area (TPSA) is 104 Å². The summed E-state index contributed by atoms with van der Waals surface area (Å²) in [5.41, 5.74) is 9.72. The summed E-state index contributed by atoms with van der Waals surface area (Å²) in [6.07, 6.45) is 0.514. The van der Waals surface area contributed by atoms with E-state index in [9.17, 15) is 10.5 Å². The molecule has 1 saturated carbocycles. The molecule has 6 aromatic rings. The number of para-hydroxylation sites is 4. The summed E-state index contributed by atoms with van der Waals surface area (Å²) in [5.74, 6) is 0. The zero-order valence-corrected chi connectivity index (χ0v) is 20.6. The standard InChI is InChI=1S/C33H18N6/c34-16-28-29(17-35)37-27-15-26(36-28)31(27)30(22-11-5-9-20-18-7-1-3-13-24(18)38-32(20)22)23-12-6-10-21-19-8-2-4-14-25(19)39-33(21)23/h1-14,38-39H,15H2. The zero-order chi connectivity index (χ0) is 26.1. The highest BCUT2D eigenvalue weighted by Gasteiger charge is 2.35. The molecule has 2 aromatic heterocycles. The van der Waals surface area contributed by atoms with Gasteiger partial charge < -0.3 is 9.97 Å². The first kappa shape index (κ1) is 21.4. The molecule has 9 rings (SSSR count). The predicted octanol–water partition coefficient (Wildman–Crippen LogP) is 7.32. The van der Waals surface area contributed by atoms with E-state index in [0.29, 0.717) is 6.42 Å². The number of nitrogens with zero attached hydrogens (tertiary/aromatic N) is 4. The average Bonchev–Trinajstić information content (AvgIpc) is 3.43. The number of hydrogen-bond acceptors (Lipinski definition) is 4. The molecule has 39 heavy (non-hydrogen) atoms. The van der Waals surface area contributed by atoms with Gasteiger partial charge in [-0.3, -0.25) is 0 Å². The second-order valence-corrected chi connectivity index (χ2v) is 9.76. The van der Waals surface area contributed by atoms with Crippen molar-refractivity contribution < 1.29 is 0 Å². The quantitative estimate of drug-likeness (QED) is 0.261. The van der Waals surface area contributed by atoms with Crippen LogP contribution in [0.1, 0.15) is 17.5 Å². The molecule has 1 fully saturated rings. The highest BCUT2D eigenvalue weighted by atomic mass is 14.9. The number of aliphatic imine (C=N–C) groups is 2. The summed E-state index contributed by atoms with van der Waals surface area (Å²) >= 11 is 0. The van der Waals surface area contributed by atoms with Gasteiger partial charge in [-0.25, -0.2) is 9.98 Å². The van der Waals surface area contributed by atoms with Crippen molar-refractivity contribution >= 4 is 60.6 Å². The second-order valence-electron chi connectivity index (χ2n) is 9.76. The number of benzene rings is 4. The zero-order valence-electron chi connectivity index (χ0n) is 20.6. The molecule has 2 aliphatic heterocycles. The molecule has 4 aromatic carbocycles. The largest absolute Gasteiger partial charge is 0.354 e. The van der Waals surface area contributed by atoms with Gasteiger partial charge in [-0.1, -0.05) is 72.8 Å². The van der Waals surface area contributed by atoms with E-state index in [1.54, 1.807) is 0 Å². The van der Waals surface area contributed by atoms with Crippen LogP contribution < -0.4 is 0 Å². The summed E-state index contributed by atoms with van der Waals surface area (Å²) < 4.78 is 0. The Morgan fingerprint density at radius 2 is 1.05 bits per heavy atom. The van der Waals surface area contributed by atoms with Gasteiger partial charge in [0.1, 0.15) is 12.1 Å². The van der Waals surface area contributed by atoms with Gasteiger partial charge in [0.05, 0.1) is 22.5 Å². The van der Waals surface area contributed by atoms with Crippen LogP contribution in [0.15, 0.2) is 112 Å². The second kappa shape index (κ2) is 7.89. The smallest absolute Gasteiger partial charge is 0.177 e. The van der Waals surface area contributed by atoms with Crippen LogP contribution in [0.2, 0.25) is 0 Å². The van der Waals surface area contributed by atoms with Gasteiger partial charge in [-0.05, 0) is 12.1 Å². The molecule has 6 nitrogen and oxygen atoms in total. The molecule has 2 bridgehead atoms. The van der Waals surface area contributed by atoms with Gasteiger partial charge in [0.2, 0.25) is 0 Å². The molecule has 4 heterocycles. The minimum absolute atomic E-state index is 0.0597. The summed E-state index contributed by atoms with van der Waals surface area (Å²) in [4.78, 5) is 16.6. The minimum Gasteiger partial charge on any atom is -0.354 e. The first-order valence-electron chi connectivity index (χ1n) is 12.7. The van der Waals surface area contributed by atoms with E-state index in [2.05, 4.69) is 105 Å². The molecular formula is C33H18N6. The molecule has 1 aliphatic carbocycles. The third-order valence-corrected chi connectivity index (χ3v) is 7.71. The number of hydrogen-bond donors (Lipinski definition) is 2. The number of aromatic nitrogens is 2. The predicted molar refractivity (Wildman–Crippen MR) is 155 cm³/mol. The van der Waals surface area contributed by atoms with E-state index in [1.165, 1.54) is 0 Å².